The monoisotopic (exact) mass is 795 g/mol. The van der Waals surface area contributed by atoms with Crippen molar-refractivity contribution in [2.75, 3.05) is 24.9 Å². The summed E-state index contributed by atoms with van der Waals surface area (Å²) in [5.41, 5.74) is -0.321. The topological polar surface area (TPSA) is 258 Å². The molecule has 0 spiro atoms. The molecule has 6 aromatic carbocycles. The van der Waals surface area contributed by atoms with Gasteiger partial charge in [-0.1, -0.05) is 24.3 Å². The molecular weight excluding hydrogens is 768 g/mol. The van der Waals surface area contributed by atoms with Crippen LogP contribution in [-0.2, 0) is 20.2 Å². The van der Waals surface area contributed by atoms with Crippen LogP contribution in [0.2, 0.25) is 0 Å². The van der Waals surface area contributed by atoms with E-state index in [0.29, 0.717) is 11.5 Å². The Morgan fingerprint density at radius 3 is 1.33 bits per heavy atom. The molecule has 0 saturated heterocycles. The molecule has 20 heteroatoms. The Morgan fingerprint density at radius 1 is 0.582 bits per heavy atom. The van der Waals surface area contributed by atoms with Gasteiger partial charge in [-0.2, -0.15) is 16.8 Å². The van der Waals surface area contributed by atoms with Crippen LogP contribution < -0.4 is 49.7 Å². The van der Waals surface area contributed by atoms with E-state index in [1.54, 1.807) is 48.5 Å². The van der Waals surface area contributed by atoms with Crippen molar-refractivity contribution in [3.63, 3.8) is 0 Å². The second-order valence-corrected chi connectivity index (χ2v) is 14.1. The van der Waals surface area contributed by atoms with Gasteiger partial charge in [-0.25, -0.2) is 4.79 Å². The number of amides is 2. The number of nitrogens with one attached hydrogen (secondary N) is 2. The maximum atomic E-state index is 13.0. The Morgan fingerprint density at radius 2 is 0.964 bits per heavy atom. The van der Waals surface area contributed by atoms with E-state index in [1.165, 1.54) is 50.6 Å². The first-order chi connectivity index (χ1) is 25.7. The van der Waals surface area contributed by atoms with Crippen LogP contribution in [0.3, 0.4) is 0 Å². The Balaban J connectivity index is 0.00000580. The molecule has 0 aliphatic heterocycles. The minimum absolute atomic E-state index is 0. The molecule has 276 valence electrons. The van der Waals surface area contributed by atoms with Crippen LogP contribution in [0.5, 0.6) is 23.0 Å². The number of hydrogen-bond acceptors (Lipinski definition) is 13. The van der Waals surface area contributed by atoms with E-state index in [1.807, 2.05) is 0 Å². The molecule has 0 aliphatic rings. The zero-order valence-electron chi connectivity index (χ0n) is 29.0. The number of anilines is 2. The van der Waals surface area contributed by atoms with E-state index in [4.69, 9.17) is 9.47 Å². The van der Waals surface area contributed by atoms with E-state index < -0.39 is 58.9 Å². The predicted octanol–water partition coefficient (Wildman–Crippen LogP) is 5.39. The molecule has 0 saturated carbocycles. The van der Waals surface area contributed by atoms with Crippen molar-refractivity contribution in [1.29, 1.82) is 0 Å². The van der Waals surface area contributed by atoms with Gasteiger partial charge in [-0.3, -0.25) is 9.11 Å². The van der Waals surface area contributed by atoms with Gasteiger partial charge in [-0.15, -0.1) is 20.5 Å². The summed E-state index contributed by atoms with van der Waals surface area (Å²) in [7, 11) is -7.05. The fourth-order valence-electron chi connectivity index (χ4n) is 5.37. The first-order valence-electron chi connectivity index (χ1n) is 15.4. The van der Waals surface area contributed by atoms with Crippen molar-refractivity contribution in [2.24, 2.45) is 20.5 Å². The quantitative estimate of drug-likeness (QED) is 0.0582. The van der Waals surface area contributed by atoms with Gasteiger partial charge in [0, 0.05) is 22.1 Å². The molecule has 0 bridgehead atoms. The summed E-state index contributed by atoms with van der Waals surface area (Å²) in [6, 6.07) is 22.5. The standard InChI is InChI=1S/C35H28N6O11S2.Na/c1-51-27-9-5-3-7-25(27)38-40-31-29(53(45,46)47)17-19-15-21(11-13-23(19)33(31)42)36-35(44)37-22-12-14-24-20(16-22)18-30(54(48,49)50)32(34(24)43)41-39-26-8-4-6-10-28(26)52-2;/h3-18,42-43H,1-2H3,(H2,36,37,44)(H,45,46,47)(H,48,49,50);/q;+1. The number of carbonyl (C=O) groups is 1. The number of methoxy groups -OCH3 is 2. The Labute approximate surface area is 335 Å². The predicted molar refractivity (Wildman–Crippen MR) is 198 cm³/mol. The number of ether oxygens (including phenoxy) is 2. The molecule has 6 N–H and O–H groups in total. The van der Waals surface area contributed by atoms with Gasteiger partial charge >= 0.3 is 35.6 Å². The molecule has 6 rings (SSSR count). The van der Waals surface area contributed by atoms with Crippen molar-refractivity contribution in [1.82, 2.24) is 0 Å². The second kappa shape index (κ2) is 16.4. The number of azo groups is 2. The average Bonchev–Trinajstić information content (AvgIpc) is 3.13. The fraction of sp³-hybridized carbons (Fsp3) is 0.0571. The normalized spacial score (nSPS) is 11.9. The number of benzene rings is 6. The number of fused-ring (bicyclic) bond motifs is 2. The first kappa shape index (κ1) is 40.5. The van der Waals surface area contributed by atoms with Crippen LogP contribution >= 0.6 is 0 Å². The van der Waals surface area contributed by atoms with Gasteiger partial charge in [0.1, 0.15) is 44.0 Å². The van der Waals surface area contributed by atoms with E-state index in [9.17, 15) is 40.9 Å². The molecule has 0 aliphatic carbocycles. The number of phenolic OH excluding ortho intramolecular Hbond substituents is 2. The van der Waals surface area contributed by atoms with Crippen LogP contribution in [0.1, 0.15) is 0 Å². The first-order valence-corrected chi connectivity index (χ1v) is 18.3. The molecule has 17 nitrogen and oxygen atoms in total. The molecule has 0 fully saturated rings. The zero-order valence-corrected chi connectivity index (χ0v) is 32.6. The number of phenols is 2. The van der Waals surface area contributed by atoms with Gasteiger partial charge in [-0.05, 0) is 83.6 Å². The average molecular weight is 796 g/mol. The van der Waals surface area contributed by atoms with E-state index in [0.717, 1.165) is 12.1 Å². The molecule has 55 heavy (non-hydrogen) atoms. The second-order valence-electron chi connectivity index (χ2n) is 11.3. The van der Waals surface area contributed by atoms with Gasteiger partial charge in [0.25, 0.3) is 20.2 Å². The summed E-state index contributed by atoms with van der Waals surface area (Å²) < 4.78 is 79.7. The van der Waals surface area contributed by atoms with Gasteiger partial charge in [0.15, 0.2) is 11.5 Å². The number of para-hydroxylation sites is 2. The van der Waals surface area contributed by atoms with E-state index in [2.05, 4.69) is 31.1 Å². The number of nitrogens with zero attached hydrogens (tertiary/aromatic N) is 4. The smallest absolute Gasteiger partial charge is 0.505 e. The van der Waals surface area contributed by atoms with Crippen LogP contribution in [-0.4, -0.2) is 56.4 Å². The summed E-state index contributed by atoms with van der Waals surface area (Å²) in [5, 5.41) is 43.4. The summed E-state index contributed by atoms with van der Waals surface area (Å²) in [6.07, 6.45) is 0. The minimum Gasteiger partial charge on any atom is -0.505 e. The Hall–Kier alpha value is -5.67. The van der Waals surface area contributed by atoms with Crippen molar-refractivity contribution >= 4 is 81.9 Å². The molecule has 0 unspecified atom stereocenters. The molecule has 0 radical (unpaired) electrons. The maximum Gasteiger partial charge on any atom is 1.00 e. The number of rotatable bonds is 10. The Kier molecular flexibility index (Phi) is 12.1. The maximum absolute atomic E-state index is 13.0. The van der Waals surface area contributed by atoms with E-state index in [-0.39, 0.29) is 73.9 Å². The third-order valence-corrected chi connectivity index (χ3v) is 9.59. The van der Waals surface area contributed by atoms with Crippen LogP contribution in [0, 0.1) is 0 Å². The molecular formula is C35H28N6NaO11S2+. The van der Waals surface area contributed by atoms with Gasteiger partial charge in [0.05, 0.1) is 14.2 Å². The van der Waals surface area contributed by atoms with Crippen LogP contribution in [0.4, 0.5) is 38.9 Å². The van der Waals surface area contributed by atoms with Crippen molar-refractivity contribution in [3.8, 4) is 23.0 Å². The summed E-state index contributed by atoms with van der Waals surface area (Å²) in [4.78, 5) is 11.5. The fourth-order valence-corrected chi connectivity index (χ4v) is 6.69. The van der Waals surface area contributed by atoms with Crippen LogP contribution in [0.25, 0.3) is 21.5 Å². The third-order valence-electron chi connectivity index (χ3n) is 7.86. The van der Waals surface area contributed by atoms with E-state index >= 15 is 0 Å². The summed E-state index contributed by atoms with van der Waals surface area (Å²) >= 11 is 0. The number of hydrogen-bond donors (Lipinski definition) is 6. The van der Waals surface area contributed by atoms with Gasteiger partial charge < -0.3 is 30.3 Å². The number of aromatic hydroxyl groups is 2. The SMILES string of the molecule is COc1ccccc1N=Nc1c(S(=O)(=O)O)cc2cc(NC(=O)Nc3ccc4c(O)c(N=Nc5ccccc5OC)c(S(=O)(=O)O)cc4c3)ccc2c1O.[Na+]. The number of urea groups is 1. The molecule has 2 amide bonds. The largest absolute Gasteiger partial charge is 1.00 e. The summed E-state index contributed by atoms with van der Waals surface area (Å²) in [6.45, 7) is 0. The van der Waals surface area contributed by atoms with Crippen molar-refractivity contribution in [2.45, 2.75) is 9.79 Å². The summed E-state index contributed by atoms with van der Waals surface area (Å²) in [5.74, 6) is -0.566. The zero-order chi connectivity index (χ0) is 38.8. The van der Waals surface area contributed by atoms with Crippen LogP contribution in [0.15, 0.2) is 127 Å². The van der Waals surface area contributed by atoms with Crippen molar-refractivity contribution < 1.29 is 80.0 Å². The molecule has 0 aromatic heterocycles. The third kappa shape index (κ3) is 8.84. The Bertz CT molecular complexity index is 2580. The van der Waals surface area contributed by atoms with Gasteiger partial charge in [0.2, 0.25) is 0 Å². The minimum atomic E-state index is -4.93. The molecule has 6 aromatic rings. The number of carbonyl (C=O) groups excluding carboxylic acids is 1. The molecule has 0 atom stereocenters. The van der Waals surface area contributed by atoms with Crippen molar-refractivity contribution in [3.05, 3.63) is 97.1 Å². The molecule has 0 heterocycles.